The zero-order chi connectivity index (χ0) is 27.3. The molecule has 7 nitrogen and oxygen atoms in total. The summed E-state index contributed by atoms with van der Waals surface area (Å²) in [7, 11) is 0. The number of rotatable bonds is 14. The van der Waals surface area contributed by atoms with Gasteiger partial charge in [-0.1, -0.05) is 62.4 Å². The standard InChI is InChI=1S/C30H32ClNO6/c1-2-3-4-5-6-18-37-25-16-12-22(13-17-25)30(36)38-26-14-10-21(11-15-26)19-27(29(34)35)32-28(33)23-8-7-9-24(31)20-23/h7-17,20,27H,2-6,18-19H2,1H3,(H,32,33)(H,34,35). The smallest absolute Gasteiger partial charge is 0.343 e. The summed E-state index contributed by atoms with van der Waals surface area (Å²) >= 11 is 5.91. The summed E-state index contributed by atoms with van der Waals surface area (Å²) < 4.78 is 11.2. The summed E-state index contributed by atoms with van der Waals surface area (Å²) in [6.07, 6.45) is 5.86. The molecular formula is C30H32ClNO6. The molecule has 1 atom stereocenters. The minimum absolute atomic E-state index is 0.0515. The maximum atomic E-state index is 12.5. The molecule has 0 aromatic heterocycles. The van der Waals surface area contributed by atoms with Gasteiger partial charge in [-0.15, -0.1) is 0 Å². The Balaban J connectivity index is 1.50. The molecule has 200 valence electrons. The van der Waals surface area contributed by atoms with Crippen LogP contribution in [0.25, 0.3) is 0 Å². The van der Waals surface area contributed by atoms with Crippen LogP contribution in [-0.4, -0.2) is 35.6 Å². The highest BCUT2D eigenvalue weighted by atomic mass is 35.5. The molecule has 0 fully saturated rings. The van der Waals surface area contributed by atoms with E-state index in [0.717, 1.165) is 12.8 Å². The number of halogens is 1. The lowest BCUT2D eigenvalue weighted by atomic mass is 10.1. The molecule has 0 saturated carbocycles. The van der Waals surface area contributed by atoms with Gasteiger partial charge < -0.3 is 19.9 Å². The Bertz CT molecular complexity index is 1210. The molecule has 0 saturated heterocycles. The van der Waals surface area contributed by atoms with Crippen molar-refractivity contribution in [3.8, 4) is 11.5 Å². The first-order chi connectivity index (χ1) is 18.4. The molecule has 38 heavy (non-hydrogen) atoms. The Kier molecular flexibility index (Phi) is 11.2. The number of esters is 1. The highest BCUT2D eigenvalue weighted by molar-refractivity contribution is 6.31. The normalized spacial score (nSPS) is 11.4. The van der Waals surface area contributed by atoms with E-state index in [1.54, 1.807) is 66.7 Å². The second kappa shape index (κ2) is 14.8. The maximum absolute atomic E-state index is 12.5. The molecule has 0 aliphatic heterocycles. The molecule has 0 heterocycles. The second-order valence-electron chi connectivity index (χ2n) is 8.90. The summed E-state index contributed by atoms with van der Waals surface area (Å²) in [5, 5.41) is 12.5. The molecule has 3 rings (SSSR count). The number of benzene rings is 3. The summed E-state index contributed by atoms with van der Waals surface area (Å²) in [5.41, 5.74) is 1.31. The summed E-state index contributed by atoms with van der Waals surface area (Å²) in [6, 6.07) is 18.4. The summed E-state index contributed by atoms with van der Waals surface area (Å²) in [4.78, 5) is 36.7. The predicted octanol–water partition coefficient (Wildman–Crippen LogP) is 6.33. The number of hydrogen-bond acceptors (Lipinski definition) is 5. The number of hydrogen-bond donors (Lipinski definition) is 2. The van der Waals surface area contributed by atoms with Gasteiger partial charge in [0.1, 0.15) is 17.5 Å². The zero-order valence-electron chi connectivity index (χ0n) is 21.3. The van der Waals surface area contributed by atoms with E-state index in [4.69, 9.17) is 21.1 Å². The molecule has 8 heteroatoms. The van der Waals surface area contributed by atoms with Crippen LogP contribution in [0.15, 0.2) is 72.8 Å². The van der Waals surface area contributed by atoms with Crippen LogP contribution in [-0.2, 0) is 11.2 Å². The van der Waals surface area contributed by atoms with Crippen LogP contribution in [0.3, 0.4) is 0 Å². The topological polar surface area (TPSA) is 102 Å². The number of nitrogens with one attached hydrogen (secondary N) is 1. The highest BCUT2D eigenvalue weighted by Gasteiger charge is 2.21. The van der Waals surface area contributed by atoms with Gasteiger partial charge >= 0.3 is 11.9 Å². The lowest BCUT2D eigenvalue weighted by Crippen LogP contribution is -2.42. The average Bonchev–Trinajstić information content (AvgIpc) is 2.91. The fourth-order valence-electron chi connectivity index (χ4n) is 3.75. The zero-order valence-corrected chi connectivity index (χ0v) is 22.1. The van der Waals surface area contributed by atoms with Crippen molar-refractivity contribution in [1.29, 1.82) is 0 Å². The number of aliphatic carboxylic acids is 1. The van der Waals surface area contributed by atoms with E-state index in [9.17, 15) is 19.5 Å². The Morgan fingerprint density at radius 2 is 1.55 bits per heavy atom. The van der Waals surface area contributed by atoms with Gasteiger partial charge in [0.2, 0.25) is 0 Å². The molecule has 1 amide bonds. The lowest BCUT2D eigenvalue weighted by molar-refractivity contribution is -0.139. The van der Waals surface area contributed by atoms with Gasteiger partial charge in [-0.3, -0.25) is 4.79 Å². The van der Waals surface area contributed by atoms with Crippen LogP contribution in [0.1, 0.15) is 65.3 Å². The number of ether oxygens (including phenoxy) is 2. The molecule has 0 aliphatic carbocycles. The minimum atomic E-state index is -1.17. The number of carboxylic acid groups (broad SMARTS) is 1. The van der Waals surface area contributed by atoms with Gasteiger partial charge in [-0.25, -0.2) is 9.59 Å². The van der Waals surface area contributed by atoms with Gasteiger partial charge in [0.05, 0.1) is 12.2 Å². The monoisotopic (exact) mass is 537 g/mol. The van der Waals surface area contributed by atoms with Gasteiger partial charge in [0, 0.05) is 17.0 Å². The van der Waals surface area contributed by atoms with Crippen LogP contribution < -0.4 is 14.8 Å². The first kappa shape index (κ1) is 28.7. The van der Waals surface area contributed by atoms with Crippen molar-refractivity contribution in [3.05, 3.63) is 94.5 Å². The van der Waals surface area contributed by atoms with Crippen molar-refractivity contribution in [1.82, 2.24) is 5.32 Å². The van der Waals surface area contributed by atoms with E-state index < -0.39 is 23.9 Å². The Morgan fingerprint density at radius 3 is 2.21 bits per heavy atom. The SMILES string of the molecule is CCCCCCCOc1ccc(C(=O)Oc2ccc(CC(NC(=O)c3cccc(Cl)c3)C(=O)O)cc2)cc1. The Hall–Kier alpha value is -3.84. The molecule has 0 spiro atoms. The molecule has 0 bridgehead atoms. The number of carbonyl (C=O) groups excluding carboxylic acids is 2. The third-order valence-corrected chi connectivity index (χ3v) is 6.11. The van der Waals surface area contributed by atoms with E-state index in [2.05, 4.69) is 12.2 Å². The molecule has 1 unspecified atom stereocenters. The minimum Gasteiger partial charge on any atom is -0.494 e. The van der Waals surface area contributed by atoms with Crippen molar-refractivity contribution in [2.75, 3.05) is 6.61 Å². The van der Waals surface area contributed by atoms with E-state index >= 15 is 0 Å². The van der Waals surface area contributed by atoms with Crippen molar-refractivity contribution >= 4 is 29.4 Å². The molecule has 3 aromatic rings. The van der Waals surface area contributed by atoms with Crippen LogP contribution in [0.2, 0.25) is 5.02 Å². The van der Waals surface area contributed by atoms with Crippen LogP contribution >= 0.6 is 11.6 Å². The van der Waals surface area contributed by atoms with Gasteiger partial charge in [0.25, 0.3) is 5.91 Å². The van der Waals surface area contributed by atoms with Crippen molar-refractivity contribution in [2.45, 2.75) is 51.5 Å². The number of amides is 1. The van der Waals surface area contributed by atoms with Crippen LogP contribution in [0.5, 0.6) is 11.5 Å². The van der Waals surface area contributed by atoms with Gasteiger partial charge in [0.15, 0.2) is 0 Å². The maximum Gasteiger partial charge on any atom is 0.343 e. The fraction of sp³-hybridized carbons (Fsp3) is 0.300. The van der Waals surface area contributed by atoms with E-state index in [0.29, 0.717) is 34.3 Å². The molecule has 2 N–H and O–H groups in total. The third kappa shape index (κ3) is 9.23. The molecular weight excluding hydrogens is 506 g/mol. The quantitative estimate of drug-likeness (QED) is 0.141. The third-order valence-electron chi connectivity index (χ3n) is 5.87. The molecule has 3 aromatic carbocycles. The molecule has 0 radical (unpaired) electrons. The first-order valence-corrected chi connectivity index (χ1v) is 13.1. The fourth-order valence-corrected chi connectivity index (χ4v) is 3.94. The van der Waals surface area contributed by atoms with E-state index in [1.807, 2.05) is 0 Å². The van der Waals surface area contributed by atoms with Crippen LogP contribution in [0.4, 0.5) is 0 Å². The van der Waals surface area contributed by atoms with Gasteiger partial charge in [-0.2, -0.15) is 0 Å². The van der Waals surface area contributed by atoms with Crippen molar-refractivity contribution < 1.29 is 29.0 Å². The van der Waals surface area contributed by atoms with Crippen LogP contribution in [0, 0.1) is 0 Å². The van der Waals surface area contributed by atoms with E-state index in [-0.39, 0.29) is 12.0 Å². The summed E-state index contributed by atoms with van der Waals surface area (Å²) in [5.74, 6) is -1.19. The Labute approximate surface area is 227 Å². The van der Waals surface area contributed by atoms with Gasteiger partial charge in [-0.05, 0) is 66.6 Å². The van der Waals surface area contributed by atoms with Crippen molar-refractivity contribution in [3.63, 3.8) is 0 Å². The number of carboxylic acids is 1. The predicted molar refractivity (Wildman–Crippen MR) is 146 cm³/mol. The first-order valence-electron chi connectivity index (χ1n) is 12.7. The average molecular weight is 538 g/mol. The largest absolute Gasteiger partial charge is 0.494 e. The number of carbonyl (C=O) groups is 3. The highest BCUT2D eigenvalue weighted by Crippen LogP contribution is 2.18. The number of unbranched alkanes of at least 4 members (excludes halogenated alkanes) is 4. The summed E-state index contributed by atoms with van der Waals surface area (Å²) in [6.45, 7) is 2.83. The lowest BCUT2D eigenvalue weighted by Gasteiger charge is -2.15. The Morgan fingerprint density at radius 1 is 0.868 bits per heavy atom. The second-order valence-corrected chi connectivity index (χ2v) is 9.34. The van der Waals surface area contributed by atoms with Crippen molar-refractivity contribution in [2.24, 2.45) is 0 Å². The van der Waals surface area contributed by atoms with E-state index in [1.165, 1.54) is 25.3 Å². The molecule has 0 aliphatic rings.